The first-order valence-electron chi connectivity index (χ1n) is 17.4. The second-order valence-electron chi connectivity index (χ2n) is 13.1. The predicted octanol–water partition coefficient (Wildman–Crippen LogP) is 12.6. The van der Waals surface area contributed by atoms with E-state index in [-0.39, 0.29) is 0 Å². The minimum absolute atomic E-state index is 0.590. The van der Waals surface area contributed by atoms with Gasteiger partial charge in [0.25, 0.3) is 0 Å². The van der Waals surface area contributed by atoms with E-state index in [2.05, 4.69) is 84.9 Å². The highest BCUT2D eigenvalue weighted by Crippen LogP contribution is 2.43. The number of nitrogens with zero attached hydrogens (tertiary/aromatic N) is 3. The molecular formula is C47H27N3O2. The van der Waals surface area contributed by atoms with Gasteiger partial charge in [0.1, 0.15) is 22.3 Å². The van der Waals surface area contributed by atoms with Crippen LogP contribution in [-0.4, -0.2) is 15.0 Å². The zero-order valence-electron chi connectivity index (χ0n) is 27.7. The standard InChI is InChI=1S/C47H27N3O2/c1-3-12-28(13-4-1)30-22-24-33-32-25-23-31(27-37(32)43-35-17-8-10-20-40(35)52-44(43)38(33)26-30)46-48-45(29-14-5-2-6-15-29)49-47(50-46)36-18-11-21-41-42(36)34-16-7-9-19-39(34)51-41/h1-27H. The van der Waals surface area contributed by atoms with Gasteiger partial charge in [-0.25, -0.2) is 15.0 Å². The van der Waals surface area contributed by atoms with Crippen LogP contribution in [0.4, 0.5) is 0 Å². The average Bonchev–Trinajstić information content (AvgIpc) is 3.81. The number of hydrogen-bond acceptors (Lipinski definition) is 5. The molecule has 0 aliphatic carbocycles. The Morgan fingerprint density at radius 3 is 1.63 bits per heavy atom. The summed E-state index contributed by atoms with van der Waals surface area (Å²) in [5, 5.41) is 8.62. The highest BCUT2D eigenvalue weighted by Gasteiger charge is 2.20. The van der Waals surface area contributed by atoms with Crippen LogP contribution in [-0.2, 0) is 0 Å². The van der Waals surface area contributed by atoms with Crippen LogP contribution in [0.25, 0.3) is 111 Å². The minimum atomic E-state index is 0.590. The summed E-state index contributed by atoms with van der Waals surface area (Å²) in [6.07, 6.45) is 0. The van der Waals surface area contributed by atoms with Crippen LogP contribution in [0.5, 0.6) is 0 Å². The summed E-state index contributed by atoms with van der Waals surface area (Å²) >= 11 is 0. The maximum Gasteiger partial charge on any atom is 0.164 e. The van der Waals surface area contributed by atoms with E-state index < -0.39 is 0 Å². The lowest BCUT2D eigenvalue weighted by Gasteiger charge is -2.12. The van der Waals surface area contributed by atoms with Crippen molar-refractivity contribution < 1.29 is 8.83 Å². The minimum Gasteiger partial charge on any atom is -0.456 e. The molecule has 5 nitrogen and oxygen atoms in total. The second kappa shape index (κ2) is 11.2. The first-order valence-corrected chi connectivity index (χ1v) is 17.4. The summed E-state index contributed by atoms with van der Waals surface area (Å²) in [7, 11) is 0. The number of hydrogen-bond donors (Lipinski definition) is 0. The fourth-order valence-corrected chi connectivity index (χ4v) is 7.71. The second-order valence-corrected chi connectivity index (χ2v) is 13.1. The lowest BCUT2D eigenvalue weighted by molar-refractivity contribution is 0.669. The molecule has 3 heterocycles. The van der Waals surface area contributed by atoms with Crippen LogP contribution in [0.3, 0.4) is 0 Å². The zero-order valence-corrected chi connectivity index (χ0v) is 27.7. The Kier molecular flexibility index (Phi) is 6.18. The molecule has 0 saturated heterocycles. The normalized spacial score (nSPS) is 11.8. The lowest BCUT2D eigenvalue weighted by Crippen LogP contribution is -2.00. The molecule has 8 aromatic carbocycles. The Morgan fingerprint density at radius 1 is 0.308 bits per heavy atom. The molecule has 11 rings (SSSR count). The van der Waals surface area contributed by atoms with Gasteiger partial charge in [-0.05, 0) is 57.6 Å². The molecule has 0 radical (unpaired) electrons. The van der Waals surface area contributed by atoms with Gasteiger partial charge in [-0.15, -0.1) is 0 Å². The molecule has 0 amide bonds. The molecule has 52 heavy (non-hydrogen) atoms. The summed E-state index contributed by atoms with van der Waals surface area (Å²) in [5.74, 6) is 1.79. The van der Waals surface area contributed by atoms with E-state index in [4.69, 9.17) is 23.8 Å². The molecule has 3 aromatic heterocycles. The number of rotatable bonds is 4. The third-order valence-electron chi connectivity index (χ3n) is 10.1. The van der Waals surface area contributed by atoms with E-state index in [1.165, 1.54) is 5.56 Å². The van der Waals surface area contributed by atoms with Crippen LogP contribution >= 0.6 is 0 Å². The fraction of sp³-hybridized carbons (Fsp3) is 0. The summed E-state index contributed by atoms with van der Waals surface area (Å²) in [6.45, 7) is 0. The van der Waals surface area contributed by atoms with Crippen molar-refractivity contribution in [3.63, 3.8) is 0 Å². The maximum absolute atomic E-state index is 6.68. The number of aromatic nitrogens is 3. The molecule has 0 fully saturated rings. The Balaban J connectivity index is 1.19. The van der Waals surface area contributed by atoms with Gasteiger partial charge in [-0.2, -0.15) is 0 Å². The number of fused-ring (bicyclic) bond motifs is 11. The monoisotopic (exact) mass is 665 g/mol. The van der Waals surface area contributed by atoms with Crippen LogP contribution in [0, 0.1) is 0 Å². The molecule has 0 atom stereocenters. The number of benzene rings is 8. The van der Waals surface area contributed by atoms with Gasteiger partial charge in [0.15, 0.2) is 17.5 Å². The molecule has 0 saturated carbocycles. The van der Waals surface area contributed by atoms with Crippen molar-refractivity contribution in [3.05, 3.63) is 164 Å². The first kappa shape index (κ1) is 28.7. The van der Waals surface area contributed by atoms with Crippen molar-refractivity contribution in [1.29, 1.82) is 0 Å². The van der Waals surface area contributed by atoms with E-state index in [1.807, 2.05) is 78.9 Å². The number of para-hydroxylation sites is 2. The molecule has 0 unspecified atom stereocenters. The predicted molar refractivity (Wildman–Crippen MR) is 211 cm³/mol. The van der Waals surface area contributed by atoms with Crippen molar-refractivity contribution in [2.24, 2.45) is 0 Å². The largest absolute Gasteiger partial charge is 0.456 e. The van der Waals surface area contributed by atoms with Crippen molar-refractivity contribution in [2.75, 3.05) is 0 Å². The SMILES string of the molecule is c1ccc(-c2ccc3c4ccc(-c5nc(-c6ccccc6)nc(-c6cccc7oc8ccccc8c67)n5)cc4c4c5ccccc5oc4c3c2)cc1. The van der Waals surface area contributed by atoms with Gasteiger partial charge in [-0.1, -0.05) is 133 Å². The van der Waals surface area contributed by atoms with Gasteiger partial charge >= 0.3 is 0 Å². The molecule has 5 heteroatoms. The van der Waals surface area contributed by atoms with Crippen molar-refractivity contribution in [3.8, 4) is 45.3 Å². The topological polar surface area (TPSA) is 65.0 Å². The van der Waals surface area contributed by atoms with Crippen molar-refractivity contribution >= 4 is 65.4 Å². The van der Waals surface area contributed by atoms with Crippen LogP contribution in [0.1, 0.15) is 0 Å². The highest BCUT2D eigenvalue weighted by atomic mass is 16.3. The van der Waals surface area contributed by atoms with Gasteiger partial charge in [0.2, 0.25) is 0 Å². The van der Waals surface area contributed by atoms with E-state index in [1.54, 1.807) is 0 Å². The highest BCUT2D eigenvalue weighted by molar-refractivity contribution is 6.30. The third kappa shape index (κ3) is 4.39. The van der Waals surface area contributed by atoms with E-state index >= 15 is 0 Å². The van der Waals surface area contributed by atoms with Crippen LogP contribution < -0.4 is 0 Å². The van der Waals surface area contributed by atoms with E-state index in [9.17, 15) is 0 Å². The number of furan rings is 2. The summed E-state index contributed by atoms with van der Waals surface area (Å²) < 4.78 is 12.9. The van der Waals surface area contributed by atoms with Gasteiger partial charge in [0.05, 0.1) is 0 Å². The third-order valence-corrected chi connectivity index (χ3v) is 10.1. The smallest absolute Gasteiger partial charge is 0.164 e. The summed E-state index contributed by atoms with van der Waals surface area (Å²) in [4.78, 5) is 15.4. The van der Waals surface area contributed by atoms with Crippen LogP contribution in [0.2, 0.25) is 0 Å². The Labute approximate surface area is 297 Å². The molecule has 0 bridgehead atoms. The molecule has 0 aliphatic rings. The van der Waals surface area contributed by atoms with Gasteiger partial charge < -0.3 is 8.83 Å². The first-order chi connectivity index (χ1) is 25.8. The molecular weight excluding hydrogens is 639 g/mol. The van der Waals surface area contributed by atoms with Crippen molar-refractivity contribution in [1.82, 2.24) is 15.0 Å². The van der Waals surface area contributed by atoms with Crippen LogP contribution in [0.15, 0.2) is 173 Å². The van der Waals surface area contributed by atoms with E-state index in [0.29, 0.717) is 17.5 Å². The lowest BCUT2D eigenvalue weighted by atomic mass is 9.93. The average molecular weight is 666 g/mol. The van der Waals surface area contributed by atoms with Crippen molar-refractivity contribution in [2.45, 2.75) is 0 Å². The fourth-order valence-electron chi connectivity index (χ4n) is 7.71. The summed E-state index contributed by atoms with van der Waals surface area (Å²) in [5.41, 5.74) is 8.38. The van der Waals surface area contributed by atoms with Gasteiger partial charge in [0, 0.05) is 43.6 Å². The maximum atomic E-state index is 6.68. The molecule has 242 valence electrons. The Hall–Kier alpha value is -7.11. The quantitative estimate of drug-likeness (QED) is 0.175. The molecule has 0 aliphatic heterocycles. The summed E-state index contributed by atoms with van der Waals surface area (Å²) in [6, 6.07) is 56.2. The Morgan fingerprint density at radius 2 is 0.865 bits per heavy atom. The molecule has 0 spiro atoms. The molecule has 0 N–H and O–H groups in total. The molecule has 11 aromatic rings. The van der Waals surface area contributed by atoms with E-state index in [0.717, 1.165) is 87.7 Å². The Bertz CT molecular complexity index is 3180. The van der Waals surface area contributed by atoms with Gasteiger partial charge in [-0.3, -0.25) is 0 Å². The zero-order chi connectivity index (χ0) is 34.2.